The predicted octanol–water partition coefficient (Wildman–Crippen LogP) is 4.16. The van der Waals surface area contributed by atoms with Gasteiger partial charge in [0.05, 0.1) is 17.5 Å². The number of anilines is 1. The molecule has 0 spiro atoms. The van der Waals surface area contributed by atoms with E-state index in [4.69, 9.17) is 4.74 Å². The summed E-state index contributed by atoms with van der Waals surface area (Å²) in [4.78, 5) is 6.97. The van der Waals surface area contributed by atoms with Crippen molar-refractivity contribution < 1.29 is 39.8 Å². The maximum absolute atomic E-state index is 14.2. The summed E-state index contributed by atoms with van der Waals surface area (Å²) in [6.45, 7) is -1.12. The Balaban J connectivity index is 2.00. The monoisotopic (exact) mass is 463 g/mol. The lowest BCUT2D eigenvalue weighted by Crippen LogP contribution is -2.16. The first-order chi connectivity index (χ1) is 14.6. The van der Waals surface area contributed by atoms with E-state index in [1.54, 1.807) is 0 Å². The number of pyridine rings is 2. The number of sulfonamides is 1. The minimum absolute atomic E-state index is 0.00712. The van der Waals surface area contributed by atoms with Gasteiger partial charge in [-0.2, -0.15) is 4.98 Å². The quantitative estimate of drug-likeness (QED) is 0.505. The minimum Gasteiger partial charge on any atom is -0.479 e. The van der Waals surface area contributed by atoms with E-state index in [1.165, 1.54) is 24.3 Å². The number of nitrogens with one attached hydrogen (secondary N) is 1. The van der Waals surface area contributed by atoms with Crippen LogP contribution in [0.4, 0.5) is 27.6 Å². The van der Waals surface area contributed by atoms with E-state index < -0.39 is 58.4 Å². The molecule has 0 fully saturated rings. The van der Waals surface area contributed by atoms with Gasteiger partial charge in [-0.15, -0.1) is 0 Å². The maximum Gasteiger partial charge on any atom is 0.280 e. The summed E-state index contributed by atoms with van der Waals surface area (Å²) >= 11 is 0. The molecule has 2 aromatic heterocycles. The van der Waals surface area contributed by atoms with Gasteiger partial charge in [-0.05, 0) is 24.3 Å². The molecule has 0 aliphatic carbocycles. The summed E-state index contributed by atoms with van der Waals surface area (Å²) in [7, 11) is -3.29. The Morgan fingerprint density at radius 1 is 1.06 bits per heavy atom. The van der Waals surface area contributed by atoms with Crippen molar-refractivity contribution >= 4 is 26.6 Å². The number of ether oxygens (including phenoxy) is 2. The number of rotatable bonds is 8. The molecule has 0 saturated heterocycles. The molecule has 166 valence electrons. The molecule has 0 radical (unpaired) electrons. The first-order valence-corrected chi connectivity index (χ1v) is 9.97. The molecule has 0 amide bonds. The van der Waals surface area contributed by atoms with E-state index in [0.29, 0.717) is 6.07 Å². The molecule has 3 aromatic rings. The Kier molecular flexibility index (Phi) is 6.43. The largest absolute Gasteiger partial charge is 0.479 e. The van der Waals surface area contributed by atoms with Gasteiger partial charge in [0.15, 0.2) is 12.4 Å². The number of methoxy groups -OCH3 is 1. The average Bonchev–Trinajstić information content (AvgIpc) is 2.71. The van der Waals surface area contributed by atoms with Crippen molar-refractivity contribution in [1.29, 1.82) is 0 Å². The van der Waals surface area contributed by atoms with Crippen LogP contribution in [0, 0.1) is 5.82 Å². The third kappa shape index (κ3) is 4.93. The van der Waals surface area contributed by atoms with Crippen molar-refractivity contribution in [2.75, 3.05) is 18.4 Å². The Morgan fingerprint density at radius 3 is 2.45 bits per heavy atom. The van der Waals surface area contributed by atoms with E-state index in [1.807, 2.05) is 0 Å². The van der Waals surface area contributed by atoms with Gasteiger partial charge in [0, 0.05) is 11.5 Å². The first-order valence-electron chi connectivity index (χ1n) is 8.48. The van der Waals surface area contributed by atoms with Crippen LogP contribution in [0.2, 0.25) is 0 Å². The summed E-state index contributed by atoms with van der Waals surface area (Å²) in [5, 5.41) is 0.0451. The Labute approximate surface area is 172 Å². The fourth-order valence-corrected chi connectivity index (χ4v) is 3.89. The third-order valence-electron chi connectivity index (χ3n) is 3.92. The van der Waals surface area contributed by atoms with Gasteiger partial charge in [-0.1, -0.05) is 6.07 Å². The van der Waals surface area contributed by atoms with Crippen LogP contribution < -0.4 is 14.2 Å². The molecular weight excluding hydrogens is 449 g/mol. The second-order valence-corrected chi connectivity index (χ2v) is 7.65. The number of hydrogen-bond acceptors (Lipinski definition) is 6. The fraction of sp³-hybridized carbons (Fsp3) is 0.222. The average molecular weight is 463 g/mol. The van der Waals surface area contributed by atoms with E-state index in [0.717, 1.165) is 13.2 Å². The summed E-state index contributed by atoms with van der Waals surface area (Å²) in [5.74, 6) is -2.44. The van der Waals surface area contributed by atoms with E-state index >= 15 is 0 Å². The number of halogens is 5. The van der Waals surface area contributed by atoms with E-state index in [2.05, 4.69) is 19.4 Å². The van der Waals surface area contributed by atoms with Crippen LogP contribution in [0.1, 0.15) is 12.1 Å². The standard InChI is InChI=1S/C18H14F5N3O4S/c1-29-18-13(7-10(19)17(25-18)30-8-15(20)21)26-31(27,28)14-4-2-3-11-9(14)5-6-12(24-11)16(22)23/h2-7,15-16,26H,8H2,1H3. The molecular formula is C18H14F5N3O4S. The molecule has 0 unspecified atom stereocenters. The molecule has 1 aromatic carbocycles. The van der Waals surface area contributed by atoms with Crippen molar-refractivity contribution in [3.63, 3.8) is 0 Å². The number of hydrogen-bond donors (Lipinski definition) is 1. The minimum atomic E-state index is -4.39. The lowest BCUT2D eigenvalue weighted by atomic mass is 10.2. The molecule has 0 bridgehead atoms. The number of alkyl halides is 4. The molecule has 1 N–H and O–H groups in total. The maximum atomic E-state index is 14.2. The van der Waals surface area contributed by atoms with Gasteiger partial charge in [0.25, 0.3) is 28.8 Å². The number of aromatic nitrogens is 2. The zero-order valence-corrected chi connectivity index (χ0v) is 16.5. The SMILES string of the molecule is COc1nc(OCC(F)F)c(F)cc1NS(=O)(=O)c1cccc2nc(C(F)F)ccc12. The summed E-state index contributed by atoms with van der Waals surface area (Å²) in [6.07, 6.45) is -5.72. The summed E-state index contributed by atoms with van der Waals surface area (Å²) < 4.78 is 102. The molecule has 0 aliphatic heterocycles. The van der Waals surface area contributed by atoms with Crippen molar-refractivity contribution in [3.05, 3.63) is 47.9 Å². The van der Waals surface area contributed by atoms with Crippen LogP contribution in [0.5, 0.6) is 11.8 Å². The Morgan fingerprint density at radius 2 is 1.81 bits per heavy atom. The molecule has 7 nitrogen and oxygen atoms in total. The summed E-state index contributed by atoms with van der Waals surface area (Å²) in [5.41, 5.74) is -0.950. The Bertz CT molecular complexity index is 1210. The smallest absolute Gasteiger partial charge is 0.280 e. The van der Waals surface area contributed by atoms with Crippen molar-refractivity contribution in [2.24, 2.45) is 0 Å². The third-order valence-corrected chi connectivity index (χ3v) is 5.34. The molecule has 13 heteroatoms. The topological polar surface area (TPSA) is 90.4 Å². The summed E-state index contributed by atoms with van der Waals surface area (Å²) in [6, 6.07) is 6.68. The van der Waals surface area contributed by atoms with E-state index in [-0.39, 0.29) is 15.8 Å². The van der Waals surface area contributed by atoms with Gasteiger partial charge in [-0.25, -0.2) is 35.4 Å². The second kappa shape index (κ2) is 8.88. The second-order valence-electron chi connectivity index (χ2n) is 6.00. The zero-order chi connectivity index (χ0) is 22.8. The Hall–Kier alpha value is -3.22. The lowest BCUT2D eigenvalue weighted by Gasteiger charge is -2.14. The van der Waals surface area contributed by atoms with Gasteiger partial charge in [0.1, 0.15) is 11.4 Å². The van der Waals surface area contributed by atoms with Crippen LogP contribution in [0.3, 0.4) is 0 Å². The van der Waals surface area contributed by atoms with Gasteiger partial charge < -0.3 is 9.47 Å². The number of fused-ring (bicyclic) bond motifs is 1. The molecule has 0 atom stereocenters. The van der Waals surface area contributed by atoms with Gasteiger partial charge in [0.2, 0.25) is 5.88 Å². The van der Waals surface area contributed by atoms with Gasteiger partial charge in [-0.3, -0.25) is 4.72 Å². The van der Waals surface area contributed by atoms with Crippen molar-refractivity contribution in [1.82, 2.24) is 9.97 Å². The highest BCUT2D eigenvalue weighted by Gasteiger charge is 2.23. The molecule has 31 heavy (non-hydrogen) atoms. The van der Waals surface area contributed by atoms with Crippen LogP contribution >= 0.6 is 0 Å². The van der Waals surface area contributed by atoms with Crippen molar-refractivity contribution in [2.45, 2.75) is 17.7 Å². The van der Waals surface area contributed by atoms with Crippen LogP contribution in [0.15, 0.2) is 41.3 Å². The number of nitrogens with zero attached hydrogens (tertiary/aromatic N) is 2. The highest BCUT2D eigenvalue weighted by molar-refractivity contribution is 7.93. The van der Waals surface area contributed by atoms with Gasteiger partial charge >= 0.3 is 0 Å². The highest BCUT2D eigenvalue weighted by Crippen LogP contribution is 2.32. The van der Waals surface area contributed by atoms with Crippen LogP contribution in [0.25, 0.3) is 10.9 Å². The van der Waals surface area contributed by atoms with Crippen LogP contribution in [-0.4, -0.2) is 38.5 Å². The predicted molar refractivity (Wildman–Crippen MR) is 99.8 cm³/mol. The lowest BCUT2D eigenvalue weighted by molar-refractivity contribution is 0.0770. The highest BCUT2D eigenvalue weighted by atomic mass is 32.2. The normalized spacial score (nSPS) is 11.9. The molecule has 2 heterocycles. The molecule has 3 rings (SSSR count). The molecule has 0 aliphatic rings. The molecule has 0 saturated carbocycles. The van der Waals surface area contributed by atoms with E-state index in [9.17, 15) is 30.4 Å². The fourth-order valence-electron chi connectivity index (χ4n) is 2.63. The number of benzene rings is 1. The van der Waals surface area contributed by atoms with Crippen molar-refractivity contribution in [3.8, 4) is 11.8 Å². The first kappa shape index (κ1) is 22.5. The van der Waals surface area contributed by atoms with Crippen LogP contribution in [-0.2, 0) is 10.0 Å². The zero-order valence-electron chi connectivity index (χ0n) is 15.7.